The van der Waals surface area contributed by atoms with Gasteiger partial charge in [-0.3, -0.25) is 23.8 Å². The molecule has 0 aliphatic heterocycles. The van der Waals surface area contributed by atoms with Gasteiger partial charge in [-0.1, -0.05) is 47.6 Å². The number of alkyl carbamates (subject to hydrolysis) is 1. The minimum absolute atomic E-state index is 0. The quantitative estimate of drug-likeness (QED) is 0.0401. The van der Waals surface area contributed by atoms with E-state index in [0.717, 1.165) is 24.4 Å². The molecule has 0 atom stereocenters. The van der Waals surface area contributed by atoms with Gasteiger partial charge in [0.15, 0.2) is 10.1 Å². The number of amides is 4. The zero-order valence-electron chi connectivity index (χ0n) is 34.3. The molecule has 2 aromatic carbocycles. The molecule has 0 bridgehead atoms. The van der Waals surface area contributed by atoms with Crippen LogP contribution in [0.2, 0.25) is 0 Å². The molecular formula is C40H48BrF5N8O9S2. The van der Waals surface area contributed by atoms with Crippen molar-refractivity contribution in [3.8, 4) is 0 Å². The van der Waals surface area contributed by atoms with Crippen molar-refractivity contribution in [2.75, 3.05) is 41.0 Å². The zero-order valence-corrected chi connectivity index (χ0v) is 37.5. The number of anilines is 2. The maximum absolute atomic E-state index is 12.6. The second-order valence-electron chi connectivity index (χ2n) is 14.2. The number of benzene rings is 2. The SMILES string of the molecule is C.CC(C)(C)OC(=O)NCCNC(=O)Cc1cccc(NS(=O)(=O)c2ccc(C(F)(F)F)cn2)c1.O=C(CBr)NCCNC(=O)Cc1cccc(NS(=O)(=O)c2ccc(C(F)F)cn2)c1. The number of carbonyl (C=O) groups is 4. The van der Waals surface area contributed by atoms with E-state index >= 15 is 0 Å². The smallest absolute Gasteiger partial charge is 0.417 e. The predicted molar refractivity (Wildman–Crippen MR) is 234 cm³/mol. The summed E-state index contributed by atoms with van der Waals surface area (Å²) < 4.78 is 122. The molecule has 0 fully saturated rings. The summed E-state index contributed by atoms with van der Waals surface area (Å²) in [5, 5.41) is 9.53. The number of rotatable bonds is 18. The molecule has 25 heteroatoms. The highest BCUT2D eigenvalue weighted by atomic mass is 79.9. The Balaban J connectivity index is 0.000000443. The van der Waals surface area contributed by atoms with Crippen LogP contribution >= 0.6 is 15.9 Å². The molecule has 2 heterocycles. The molecule has 0 radical (unpaired) electrons. The largest absolute Gasteiger partial charge is 0.444 e. The maximum Gasteiger partial charge on any atom is 0.417 e. The average Bonchev–Trinajstić information content (AvgIpc) is 3.20. The number of nitrogens with zero attached hydrogens (tertiary/aromatic N) is 2. The number of hydrogen-bond acceptors (Lipinski definition) is 11. The first-order chi connectivity index (χ1) is 29.9. The van der Waals surface area contributed by atoms with Crippen molar-refractivity contribution >= 4 is 71.2 Å². The Hall–Kier alpha value is -5.95. The van der Waals surface area contributed by atoms with Crippen LogP contribution in [0.25, 0.3) is 0 Å². The van der Waals surface area contributed by atoms with E-state index < -0.39 is 60.0 Å². The van der Waals surface area contributed by atoms with E-state index in [0.29, 0.717) is 23.4 Å². The Morgan fingerprint density at radius 3 is 1.49 bits per heavy atom. The number of nitrogens with one attached hydrogen (secondary N) is 6. The molecule has 0 saturated carbocycles. The van der Waals surface area contributed by atoms with Crippen molar-refractivity contribution in [1.82, 2.24) is 31.2 Å². The minimum atomic E-state index is -4.64. The van der Waals surface area contributed by atoms with Crippen LogP contribution < -0.4 is 30.7 Å². The molecule has 356 valence electrons. The van der Waals surface area contributed by atoms with Crippen LogP contribution in [-0.4, -0.2) is 87.7 Å². The molecule has 2 aromatic heterocycles. The lowest BCUT2D eigenvalue weighted by molar-refractivity contribution is -0.138. The number of carbonyl (C=O) groups excluding carboxylic acids is 4. The van der Waals surface area contributed by atoms with Crippen LogP contribution in [0.4, 0.5) is 38.1 Å². The molecule has 0 saturated heterocycles. The summed E-state index contributed by atoms with van der Waals surface area (Å²) in [6, 6.07) is 15.5. The molecule has 0 aliphatic carbocycles. The molecule has 6 N–H and O–H groups in total. The molecule has 0 unspecified atom stereocenters. The highest BCUT2D eigenvalue weighted by molar-refractivity contribution is 9.09. The van der Waals surface area contributed by atoms with Gasteiger partial charge in [0, 0.05) is 55.5 Å². The number of halogens is 6. The van der Waals surface area contributed by atoms with E-state index in [9.17, 15) is 58.0 Å². The fourth-order valence-electron chi connectivity index (χ4n) is 4.92. The third kappa shape index (κ3) is 20.2. The van der Waals surface area contributed by atoms with E-state index in [1.807, 2.05) is 0 Å². The van der Waals surface area contributed by atoms with Gasteiger partial charge in [0.1, 0.15) is 5.60 Å². The lowest BCUT2D eigenvalue weighted by atomic mass is 10.1. The zero-order chi connectivity index (χ0) is 47.7. The highest BCUT2D eigenvalue weighted by Crippen LogP contribution is 2.29. The van der Waals surface area contributed by atoms with Crippen LogP contribution in [0, 0.1) is 0 Å². The van der Waals surface area contributed by atoms with Crippen LogP contribution in [0.5, 0.6) is 0 Å². The fraction of sp³-hybridized carbons (Fsp3) is 0.350. The van der Waals surface area contributed by atoms with Gasteiger partial charge in [0.05, 0.1) is 23.7 Å². The second-order valence-corrected chi connectivity index (χ2v) is 18.0. The standard InChI is InChI=1S/C21H25F3N4O5S.C18H19BrF2N4O4S.CH4/c1-20(2,3)33-19(30)26-10-9-25-17(29)12-14-5-4-6-16(11-14)28-34(31,32)18-8-7-15(13-27-18)21(22,23)24;19-10-16(27)23-7-6-22-15(26)9-12-2-1-3-14(8-12)25-30(28,29)17-5-4-13(11-24-17)18(20)21;/h4-8,11,13,28H,9-10,12H2,1-3H3,(H,25,29)(H,26,30);1-5,8,11,18,25H,6-7,9-10H2,(H,22,26)(H,23,27);1H4. The molecule has 17 nitrogen and oxygen atoms in total. The van der Waals surface area contributed by atoms with Gasteiger partial charge in [0.25, 0.3) is 26.5 Å². The summed E-state index contributed by atoms with van der Waals surface area (Å²) in [6.07, 6.45) is -6.81. The minimum Gasteiger partial charge on any atom is -0.444 e. The first kappa shape index (κ1) is 55.2. The molecule has 0 spiro atoms. The van der Waals surface area contributed by atoms with Gasteiger partial charge >= 0.3 is 12.3 Å². The number of alkyl halides is 6. The van der Waals surface area contributed by atoms with Gasteiger partial charge < -0.3 is 26.0 Å². The van der Waals surface area contributed by atoms with E-state index in [1.165, 1.54) is 30.3 Å². The van der Waals surface area contributed by atoms with Crippen LogP contribution in [0.15, 0.2) is 95.2 Å². The molecule has 4 amide bonds. The number of ether oxygens (including phenoxy) is 1. The van der Waals surface area contributed by atoms with Crippen molar-refractivity contribution in [3.05, 3.63) is 107 Å². The number of pyridine rings is 2. The Morgan fingerprint density at radius 1 is 0.662 bits per heavy atom. The Labute approximate surface area is 381 Å². The molecule has 4 rings (SSSR count). The third-order valence-electron chi connectivity index (χ3n) is 7.72. The van der Waals surface area contributed by atoms with Crippen molar-refractivity contribution in [3.63, 3.8) is 0 Å². The summed E-state index contributed by atoms with van der Waals surface area (Å²) in [5.41, 5.74) is -0.739. The lowest BCUT2D eigenvalue weighted by Crippen LogP contribution is -2.38. The van der Waals surface area contributed by atoms with Gasteiger partial charge in [-0.15, -0.1) is 0 Å². The summed E-state index contributed by atoms with van der Waals surface area (Å²) >= 11 is 3.01. The number of aromatic nitrogens is 2. The first-order valence-corrected chi connectivity index (χ1v) is 22.8. The number of hydrogen-bond donors (Lipinski definition) is 6. The monoisotopic (exact) mass is 1020 g/mol. The van der Waals surface area contributed by atoms with E-state index in [2.05, 4.69) is 56.6 Å². The number of sulfonamides is 2. The van der Waals surface area contributed by atoms with Crippen LogP contribution in [0.3, 0.4) is 0 Å². The Kier molecular flexibility index (Phi) is 21.2. The van der Waals surface area contributed by atoms with Gasteiger partial charge in [-0.05, 0) is 80.4 Å². The van der Waals surface area contributed by atoms with Crippen molar-refractivity contribution in [2.45, 2.75) is 69.3 Å². The summed E-state index contributed by atoms with van der Waals surface area (Å²) in [4.78, 5) is 53.7. The van der Waals surface area contributed by atoms with E-state index in [1.54, 1.807) is 39.0 Å². The van der Waals surface area contributed by atoms with Crippen LogP contribution in [0.1, 0.15) is 56.9 Å². The van der Waals surface area contributed by atoms with Crippen molar-refractivity contribution in [1.29, 1.82) is 0 Å². The second kappa shape index (κ2) is 24.9. The van der Waals surface area contributed by atoms with E-state index in [4.69, 9.17) is 4.74 Å². The fourth-order valence-corrected chi connectivity index (χ4v) is 7.08. The van der Waals surface area contributed by atoms with E-state index in [-0.39, 0.29) is 86.4 Å². The van der Waals surface area contributed by atoms with Gasteiger partial charge in [-0.2, -0.15) is 30.0 Å². The average molecular weight is 1020 g/mol. The first-order valence-electron chi connectivity index (χ1n) is 18.7. The van der Waals surface area contributed by atoms with Gasteiger partial charge in [-0.25, -0.2) is 23.5 Å². The normalized spacial score (nSPS) is 11.5. The predicted octanol–water partition coefficient (Wildman–Crippen LogP) is 5.71. The Morgan fingerprint density at radius 2 is 1.11 bits per heavy atom. The Bertz CT molecular complexity index is 2440. The van der Waals surface area contributed by atoms with Gasteiger partial charge in [0.2, 0.25) is 17.7 Å². The topological polar surface area (TPSA) is 244 Å². The summed E-state index contributed by atoms with van der Waals surface area (Å²) in [6.45, 7) is 6.02. The molecule has 4 aromatic rings. The molecule has 0 aliphatic rings. The third-order valence-corrected chi connectivity index (χ3v) is 10.8. The lowest BCUT2D eigenvalue weighted by Gasteiger charge is -2.19. The maximum atomic E-state index is 12.6. The van der Waals surface area contributed by atoms with Crippen LogP contribution in [-0.2, 0) is 58.2 Å². The van der Waals surface area contributed by atoms with Crippen molar-refractivity contribution in [2.24, 2.45) is 0 Å². The van der Waals surface area contributed by atoms with Crippen molar-refractivity contribution < 1.29 is 62.7 Å². The summed E-state index contributed by atoms with van der Waals surface area (Å²) in [7, 11) is -8.32. The molecule has 65 heavy (non-hydrogen) atoms. The molecular weight excluding hydrogens is 976 g/mol. The summed E-state index contributed by atoms with van der Waals surface area (Å²) in [5.74, 6) is -0.856. The highest BCUT2D eigenvalue weighted by Gasteiger charge is 2.31.